The average molecular weight is 380 g/mol. The highest BCUT2D eigenvalue weighted by Gasteiger charge is 2.26. The van der Waals surface area contributed by atoms with Gasteiger partial charge in [0.15, 0.2) is 0 Å². The number of hydrogen-bond acceptors (Lipinski definition) is 4. The fraction of sp³-hybridized carbons (Fsp3) is 0.364. The minimum Gasteiger partial charge on any atom is -0.378 e. The summed E-state index contributed by atoms with van der Waals surface area (Å²) in [5.41, 5.74) is 4.96. The van der Waals surface area contributed by atoms with E-state index in [1.54, 1.807) is 0 Å². The lowest BCUT2D eigenvalue weighted by atomic mass is 9.96. The number of rotatable bonds is 5. The fourth-order valence-corrected chi connectivity index (χ4v) is 3.62. The van der Waals surface area contributed by atoms with Crippen molar-refractivity contribution in [3.05, 3.63) is 65.2 Å². The van der Waals surface area contributed by atoms with Gasteiger partial charge in [0, 0.05) is 46.5 Å². The Hall–Kier alpha value is -2.86. The van der Waals surface area contributed by atoms with E-state index in [1.807, 2.05) is 14.1 Å². The summed E-state index contributed by atoms with van der Waals surface area (Å²) in [6, 6.07) is 16.9. The van der Waals surface area contributed by atoms with Crippen molar-refractivity contribution in [2.75, 3.05) is 39.1 Å². The molecule has 0 aromatic heterocycles. The summed E-state index contributed by atoms with van der Waals surface area (Å²) in [6.07, 6.45) is 0.978. The molecule has 6 nitrogen and oxygen atoms in total. The van der Waals surface area contributed by atoms with E-state index in [0.717, 1.165) is 30.8 Å². The number of hydrogen-bond donors (Lipinski definition) is 2. The van der Waals surface area contributed by atoms with Gasteiger partial charge in [0.2, 0.25) is 0 Å². The molecule has 0 spiro atoms. The van der Waals surface area contributed by atoms with Crippen LogP contribution >= 0.6 is 0 Å². The Balaban J connectivity index is 1.82. The topological polar surface area (TPSA) is 64.7 Å². The lowest BCUT2D eigenvalue weighted by Crippen LogP contribution is -2.44. The molecule has 0 saturated heterocycles. The molecule has 1 heterocycles. The van der Waals surface area contributed by atoms with Crippen LogP contribution in [0.4, 0.5) is 5.69 Å². The van der Waals surface area contributed by atoms with Gasteiger partial charge in [0.05, 0.1) is 6.04 Å². The van der Waals surface area contributed by atoms with E-state index in [9.17, 15) is 9.59 Å². The summed E-state index contributed by atoms with van der Waals surface area (Å²) in [6.45, 7) is 2.12. The molecular weight excluding hydrogens is 352 g/mol. The largest absolute Gasteiger partial charge is 0.378 e. The van der Waals surface area contributed by atoms with Crippen molar-refractivity contribution in [3.8, 4) is 0 Å². The third-order valence-corrected chi connectivity index (χ3v) is 5.28. The van der Waals surface area contributed by atoms with E-state index >= 15 is 0 Å². The van der Waals surface area contributed by atoms with Crippen molar-refractivity contribution in [1.29, 1.82) is 0 Å². The molecule has 0 bridgehead atoms. The zero-order valence-electron chi connectivity index (χ0n) is 16.7. The van der Waals surface area contributed by atoms with Crippen molar-refractivity contribution in [2.24, 2.45) is 0 Å². The van der Waals surface area contributed by atoms with Crippen molar-refractivity contribution >= 4 is 17.5 Å². The Morgan fingerprint density at radius 3 is 2.36 bits per heavy atom. The number of nitrogens with one attached hydrogen (secondary N) is 2. The maximum Gasteiger partial charge on any atom is 0.309 e. The van der Waals surface area contributed by atoms with Gasteiger partial charge in [-0.3, -0.25) is 14.5 Å². The molecule has 2 amide bonds. The van der Waals surface area contributed by atoms with Crippen LogP contribution < -0.4 is 15.5 Å². The molecule has 0 radical (unpaired) electrons. The first kappa shape index (κ1) is 19.9. The molecule has 148 valence electrons. The first-order chi connectivity index (χ1) is 13.5. The van der Waals surface area contributed by atoms with Gasteiger partial charge in [0.25, 0.3) is 0 Å². The van der Waals surface area contributed by atoms with Gasteiger partial charge in [-0.05, 0) is 35.2 Å². The van der Waals surface area contributed by atoms with Crippen molar-refractivity contribution in [1.82, 2.24) is 15.5 Å². The number of amides is 2. The number of carbonyl (C=O) groups is 2. The Kier molecular flexibility index (Phi) is 6.31. The molecule has 2 aromatic rings. The van der Waals surface area contributed by atoms with Crippen LogP contribution in [0.3, 0.4) is 0 Å². The summed E-state index contributed by atoms with van der Waals surface area (Å²) in [4.78, 5) is 28.0. The number of likely N-dealkylation sites (N-methyl/N-ethyl adjacent to an activating group) is 1. The molecule has 1 atom stereocenters. The van der Waals surface area contributed by atoms with Gasteiger partial charge in [-0.25, -0.2) is 0 Å². The third-order valence-electron chi connectivity index (χ3n) is 5.28. The Morgan fingerprint density at radius 2 is 1.71 bits per heavy atom. The number of carbonyl (C=O) groups excluding carboxylic acids is 2. The van der Waals surface area contributed by atoms with Crippen molar-refractivity contribution < 1.29 is 9.59 Å². The molecule has 0 saturated carbocycles. The maximum absolute atomic E-state index is 12.0. The molecule has 3 rings (SSSR count). The van der Waals surface area contributed by atoms with E-state index in [1.165, 1.54) is 18.2 Å². The first-order valence-corrected chi connectivity index (χ1v) is 9.57. The predicted molar refractivity (Wildman–Crippen MR) is 111 cm³/mol. The van der Waals surface area contributed by atoms with E-state index in [0.29, 0.717) is 6.54 Å². The van der Waals surface area contributed by atoms with E-state index in [4.69, 9.17) is 0 Å². The quantitative estimate of drug-likeness (QED) is 0.776. The SMILES string of the molecule is CNC(=O)C(=O)NCC(c1ccc(N(C)C)cc1)N1CCc2ccccc2C1. The van der Waals surface area contributed by atoms with Crippen LogP contribution in [-0.2, 0) is 22.6 Å². The van der Waals surface area contributed by atoms with Crippen LogP contribution in [0.2, 0.25) is 0 Å². The molecule has 28 heavy (non-hydrogen) atoms. The van der Waals surface area contributed by atoms with Gasteiger partial charge in [0.1, 0.15) is 0 Å². The highest BCUT2D eigenvalue weighted by molar-refractivity contribution is 6.35. The van der Waals surface area contributed by atoms with Gasteiger partial charge in [-0.15, -0.1) is 0 Å². The summed E-state index contributed by atoms with van der Waals surface area (Å²) >= 11 is 0. The summed E-state index contributed by atoms with van der Waals surface area (Å²) < 4.78 is 0. The Labute approximate surface area is 166 Å². The molecule has 2 N–H and O–H groups in total. The number of anilines is 1. The lowest BCUT2D eigenvalue weighted by molar-refractivity contribution is -0.139. The molecule has 1 unspecified atom stereocenters. The highest BCUT2D eigenvalue weighted by Crippen LogP contribution is 2.28. The van der Waals surface area contributed by atoms with Crippen LogP contribution in [0, 0.1) is 0 Å². The average Bonchev–Trinajstić information content (AvgIpc) is 2.73. The van der Waals surface area contributed by atoms with Crippen LogP contribution in [0.5, 0.6) is 0 Å². The fourth-order valence-electron chi connectivity index (χ4n) is 3.62. The van der Waals surface area contributed by atoms with Gasteiger partial charge in [-0.1, -0.05) is 36.4 Å². The van der Waals surface area contributed by atoms with Crippen molar-refractivity contribution in [3.63, 3.8) is 0 Å². The summed E-state index contributed by atoms with van der Waals surface area (Å²) in [5, 5.41) is 5.16. The predicted octanol–water partition coefficient (Wildman–Crippen LogP) is 1.71. The zero-order chi connectivity index (χ0) is 20.1. The number of fused-ring (bicyclic) bond motifs is 1. The smallest absolute Gasteiger partial charge is 0.309 e. The minimum absolute atomic E-state index is 0.00169. The molecule has 1 aliphatic rings. The van der Waals surface area contributed by atoms with Gasteiger partial charge in [-0.2, -0.15) is 0 Å². The van der Waals surface area contributed by atoms with Gasteiger partial charge >= 0.3 is 11.8 Å². The van der Waals surface area contributed by atoms with E-state index in [2.05, 4.69) is 69.0 Å². The van der Waals surface area contributed by atoms with Crippen molar-refractivity contribution in [2.45, 2.75) is 19.0 Å². The summed E-state index contributed by atoms with van der Waals surface area (Å²) in [7, 11) is 5.48. The monoisotopic (exact) mass is 380 g/mol. The number of nitrogens with zero attached hydrogens (tertiary/aromatic N) is 2. The highest BCUT2D eigenvalue weighted by atomic mass is 16.2. The van der Waals surface area contributed by atoms with Crippen LogP contribution in [0.15, 0.2) is 48.5 Å². The molecule has 0 fully saturated rings. The second-order valence-electron chi connectivity index (χ2n) is 7.28. The Bertz CT molecular complexity index is 833. The standard InChI is InChI=1S/C22H28N4O2/c1-23-21(27)22(28)24-14-20(17-8-10-19(11-9-17)25(2)3)26-13-12-16-6-4-5-7-18(16)15-26/h4-11,20H,12-15H2,1-3H3,(H,23,27)(H,24,28). The van der Waals surface area contributed by atoms with Crippen LogP contribution in [0.25, 0.3) is 0 Å². The molecule has 6 heteroatoms. The molecule has 0 aliphatic carbocycles. The van der Waals surface area contributed by atoms with Gasteiger partial charge < -0.3 is 15.5 Å². The zero-order valence-corrected chi connectivity index (χ0v) is 16.7. The molecule has 1 aliphatic heterocycles. The van der Waals surface area contributed by atoms with Crippen LogP contribution in [0.1, 0.15) is 22.7 Å². The maximum atomic E-state index is 12.0. The van der Waals surface area contributed by atoms with E-state index < -0.39 is 11.8 Å². The minimum atomic E-state index is -0.620. The molecule has 2 aromatic carbocycles. The second-order valence-corrected chi connectivity index (χ2v) is 7.28. The normalized spacial score (nSPS) is 14.7. The Morgan fingerprint density at radius 1 is 1.04 bits per heavy atom. The van der Waals surface area contributed by atoms with E-state index in [-0.39, 0.29) is 6.04 Å². The second kappa shape index (κ2) is 8.89. The molecular formula is C22H28N4O2. The number of benzene rings is 2. The third kappa shape index (κ3) is 4.51. The first-order valence-electron chi connectivity index (χ1n) is 9.57. The summed E-state index contributed by atoms with van der Waals surface area (Å²) in [5.74, 6) is -1.22. The van der Waals surface area contributed by atoms with Crippen LogP contribution in [-0.4, -0.2) is 50.9 Å². The lowest BCUT2D eigenvalue weighted by Gasteiger charge is -2.36.